The minimum Gasteiger partial charge on any atom is -0.481 e. The molecule has 1 amide bonds. The largest absolute Gasteiger partial charge is 0.481 e. The van der Waals surface area contributed by atoms with Gasteiger partial charge in [0.15, 0.2) is 6.61 Å². The zero-order valence-corrected chi connectivity index (χ0v) is 9.93. The van der Waals surface area contributed by atoms with Crippen LogP contribution < -0.4 is 15.8 Å². The van der Waals surface area contributed by atoms with E-state index in [1.54, 1.807) is 12.3 Å². The number of nitrogens with zero attached hydrogens (tertiary/aromatic N) is 1. The lowest BCUT2D eigenvalue weighted by Crippen LogP contribution is -2.32. The van der Waals surface area contributed by atoms with E-state index in [0.717, 1.165) is 10.9 Å². The molecule has 3 N–H and O–H groups in total. The fourth-order valence-electron chi connectivity index (χ4n) is 1.60. The van der Waals surface area contributed by atoms with E-state index in [-0.39, 0.29) is 12.5 Å². The molecule has 0 fully saturated rings. The number of fused-ring (bicyclic) bond motifs is 1. The summed E-state index contributed by atoms with van der Waals surface area (Å²) in [5.41, 5.74) is 6.05. The van der Waals surface area contributed by atoms with Gasteiger partial charge in [-0.05, 0) is 12.1 Å². The first-order valence-electron chi connectivity index (χ1n) is 5.74. The molecule has 0 aliphatic rings. The van der Waals surface area contributed by atoms with Crippen molar-refractivity contribution in [2.75, 3.05) is 19.7 Å². The molecule has 0 aliphatic carbocycles. The molecule has 94 valence electrons. The predicted molar refractivity (Wildman–Crippen MR) is 69.3 cm³/mol. The highest BCUT2D eigenvalue weighted by Gasteiger charge is 2.05. The van der Waals surface area contributed by atoms with Crippen LogP contribution in [0.5, 0.6) is 5.75 Å². The first kappa shape index (κ1) is 12.3. The van der Waals surface area contributed by atoms with E-state index >= 15 is 0 Å². The zero-order valence-electron chi connectivity index (χ0n) is 9.93. The quantitative estimate of drug-likeness (QED) is 0.812. The zero-order chi connectivity index (χ0) is 12.8. The van der Waals surface area contributed by atoms with Crippen LogP contribution in [0.3, 0.4) is 0 Å². The Labute approximate surface area is 105 Å². The van der Waals surface area contributed by atoms with Crippen LogP contribution in [-0.4, -0.2) is 30.6 Å². The molecule has 0 aliphatic heterocycles. The van der Waals surface area contributed by atoms with Crippen molar-refractivity contribution in [1.82, 2.24) is 10.3 Å². The third-order valence-corrected chi connectivity index (χ3v) is 2.42. The van der Waals surface area contributed by atoms with E-state index in [1.165, 1.54) is 0 Å². The fraction of sp³-hybridized carbons (Fsp3) is 0.231. The maximum absolute atomic E-state index is 11.4. The average Bonchev–Trinajstić information content (AvgIpc) is 2.42. The van der Waals surface area contributed by atoms with E-state index in [4.69, 9.17) is 10.5 Å². The van der Waals surface area contributed by atoms with Crippen LogP contribution >= 0.6 is 0 Å². The van der Waals surface area contributed by atoms with Crippen LogP contribution in [0.2, 0.25) is 0 Å². The van der Waals surface area contributed by atoms with Crippen LogP contribution in [0.1, 0.15) is 0 Å². The number of amides is 1. The minimum absolute atomic E-state index is 0.0321. The van der Waals surface area contributed by atoms with Crippen LogP contribution in [0.4, 0.5) is 0 Å². The highest BCUT2D eigenvalue weighted by molar-refractivity contribution is 5.85. The van der Waals surface area contributed by atoms with Crippen molar-refractivity contribution in [3.8, 4) is 5.75 Å². The molecule has 5 heteroatoms. The number of aromatic nitrogens is 1. The molecule has 1 aromatic heterocycles. The molecule has 0 saturated carbocycles. The second-order valence-electron chi connectivity index (χ2n) is 3.76. The molecule has 0 unspecified atom stereocenters. The molecular formula is C13H15N3O2. The summed E-state index contributed by atoms with van der Waals surface area (Å²) in [6.45, 7) is 0.841. The maximum Gasteiger partial charge on any atom is 0.257 e. The average molecular weight is 245 g/mol. The number of nitrogens with one attached hydrogen (secondary N) is 1. The molecule has 5 nitrogen and oxygen atoms in total. The number of carbonyl (C=O) groups excluding carboxylic acids is 1. The first-order valence-corrected chi connectivity index (χ1v) is 5.74. The Morgan fingerprint density at radius 3 is 3.00 bits per heavy atom. The van der Waals surface area contributed by atoms with E-state index in [0.29, 0.717) is 18.8 Å². The summed E-state index contributed by atoms with van der Waals surface area (Å²) in [5, 5.41) is 3.62. The second-order valence-corrected chi connectivity index (χ2v) is 3.76. The van der Waals surface area contributed by atoms with Crippen LogP contribution in [0.15, 0.2) is 36.5 Å². The van der Waals surface area contributed by atoms with Crippen molar-refractivity contribution in [1.29, 1.82) is 0 Å². The summed E-state index contributed by atoms with van der Waals surface area (Å²) in [7, 11) is 0. The number of rotatable bonds is 5. The van der Waals surface area contributed by atoms with Gasteiger partial charge >= 0.3 is 0 Å². The van der Waals surface area contributed by atoms with Gasteiger partial charge in [-0.2, -0.15) is 0 Å². The smallest absolute Gasteiger partial charge is 0.257 e. The van der Waals surface area contributed by atoms with Crippen molar-refractivity contribution in [2.45, 2.75) is 0 Å². The number of benzene rings is 1. The van der Waals surface area contributed by atoms with Gasteiger partial charge in [-0.25, -0.2) is 0 Å². The highest BCUT2D eigenvalue weighted by atomic mass is 16.5. The third kappa shape index (κ3) is 2.95. The Kier molecular flexibility index (Phi) is 4.09. The number of carbonyl (C=O) groups is 1. The molecule has 0 spiro atoms. The molecule has 0 atom stereocenters. The molecule has 0 radical (unpaired) electrons. The number of hydrogen-bond donors (Lipinski definition) is 2. The molecular weight excluding hydrogens is 230 g/mol. The van der Waals surface area contributed by atoms with Gasteiger partial charge in [0.05, 0.1) is 0 Å². The molecule has 1 aromatic carbocycles. The Bertz CT molecular complexity index is 537. The van der Waals surface area contributed by atoms with Gasteiger partial charge in [0, 0.05) is 24.7 Å². The predicted octanol–water partition coefficient (Wildman–Crippen LogP) is 0.688. The third-order valence-electron chi connectivity index (χ3n) is 2.42. The monoisotopic (exact) mass is 245 g/mol. The number of nitrogens with two attached hydrogens (primary N) is 1. The number of ether oxygens (including phenoxy) is 1. The second kappa shape index (κ2) is 5.97. The Morgan fingerprint density at radius 2 is 2.17 bits per heavy atom. The molecule has 0 saturated heterocycles. The van der Waals surface area contributed by atoms with Crippen molar-refractivity contribution in [3.05, 3.63) is 36.5 Å². The fourth-order valence-corrected chi connectivity index (χ4v) is 1.60. The Hall–Kier alpha value is -2.14. The number of para-hydroxylation sites is 1. The van der Waals surface area contributed by atoms with Crippen molar-refractivity contribution in [3.63, 3.8) is 0 Å². The summed E-state index contributed by atoms with van der Waals surface area (Å²) in [5.74, 6) is 0.421. The lowest BCUT2D eigenvalue weighted by Gasteiger charge is -2.08. The topological polar surface area (TPSA) is 77.2 Å². The lowest BCUT2D eigenvalue weighted by molar-refractivity contribution is -0.123. The summed E-state index contributed by atoms with van der Waals surface area (Å²) in [6.07, 6.45) is 1.70. The van der Waals surface area contributed by atoms with Gasteiger partial charge in [-0.3, -0.25) is 9.78 Å². The highest BCUT2D eigenvalue weighted by Crippen LogP contribution is 2.22. The standard InChI is InChI=1S/C13H15N3O2/c14-6-8-15-12(17)9-18-11-5-1-3-10-4-2-7-16-13(10)11/h1-5,7H,6,8-9,14H2,(H,15,17). The van der Waals surface area contributed by atoms with Crippen molar-refractivity contribution >= 4 is 16.8 Å². The first-order chi connectivity index (χ1) is 8.81. The molecule has 2 aromatic rings. The van der Waals surface area contributed by atoms with E-state index in [2.05, 4.69) is 10.3 Å². The molecule has 2 rings (SSSR count). The number of pyridine rings is 1. The molecule has 1 heterocycles. The van der Waals surface area contributed by atoms with Crippen LogP contribution in [-0.2, 0) is 4.79 Å². The SMILES string of the molecule is NCCNC(=O)COc1cccc2cccnc12. The van der Waals surface area contributed by atoms with E-state index in [1.807, 2.05) is 24.3 Å². The van der Waals surface area contributed by atoms with E-state index < -0.39 is 0 Å². The number of hydrogen-bond acceptors (Lipinski definition) is 4. The maximum atomic E-state index is 11.4. The normalized spacial score (nSPS) is 10.3. The van der Waals surface area contributed by atoms with Gasteiger partial charge < -0.3 is 15.8 Å². The minimum atomic E-state index is -0.187. The van der Waals surface area contributed by atoms with Gasteiger partial charge in [0.25, 0.3) is 5.91 Å². The van der Waals surface area contributed by atoms with Gasteiger partial charge in [-0.1, -0.05) is 18.2 Å². The Balaban J connectivity index is 2.05. The van der Waals surface area contributed by atoms with Gasteiger partial charge in [0.1, 0.15) is 11.3 Å². The van der Waals surface area contributed by atoms with Gasteiger partial charge in [-0.15, -0.1) is 0 Å². The summed E-state index contributed by atoms with van der Waals surface area (Å²) < 4.78 is 5.46. The Morgan fingerprint density at radius 1 is 1.33 bits per heavy atom. The van der Waals surface area contributed by atoms with Gasteiger partial charge in [0.2, 0.25) is 0 Å². The molecule has 18 heavy (non-hydrogen) atoms. The summed E-state index contributed by atoms with van der Waals surface area (Å²) in [4.78, 5) is 15.6. The molecule has 0 bridgehead atoms. The van der Waals surface area contributed by atoms with Crippen LogP contribution in [0, 0.1) is 0 Å². The van der Waals surface area contributed by atoms with Crippen molar-refractivity contribution < 1.29 is 9.53 Å². The summed E-state index contributed by atoms with van der Waals surface area (Å²) >= 11 is 0. The van der Waals surface area contributed by atoms with Crippen LogP contribution in [0.25, 0.3) is 10.9 Å². The van der Waals surface area contributed by atoms with E-state index in [9.17, 15) is 4.79 Å². The van der Waals surface area contributed by atoms with Crippen molar-refractivity contribution in [2.24, 2.45) is 5.73 Å². The summed E-state index contributed by atoms with van der Waals surface area (Å²) in [6, 6.07) is 9.43. The lowest BCUT2D eigenvalue weighted by atomic mass is 10.2.